The van der Waals surface area contributed by atoms with E-state index in [1.807, 2.05) is 36.4 Å². The Morgan fingerprint density at radius 3 is 2.50 bits per heavy atom. The van der Waals surface area contributed by atoms with Gasteiger partial charge < -0.3 is 0 Å². The third-order valence-electron chi connectivity index (χ3n) is 3.59. The summed E-state index contributed by atoms with van der Waals surface area (Å²) in [5, 5.41) is 6.01. The number of amides is 1. The maximum atomic E-state index is 12.8. The molecule has 3 aromatic carbocycles. The highest BCUT2D eigenvalue weighted by atomic mass is 79.9. The fraction of sp³-hybridized carbons (Fsp3) is 0.0526. The Kier molecular flexibility index (Phi) is 5.01. The van der Waals surface area contributed by atoms with Crippen LogP contribution >= 0.6 is 15.9 Å². The maximum absolute atomic E-state index is 12.8. The molecule has 120 valence electrons. The van der Waals surface area contributed by atoms with Crippen LogP contribution in [-0.4, -0.2) is 12.1 Å². The minimum atomic E-state index is -0.307. The van der Waals surface area contributed by atoms with E-state index in [4.69, 9.17) is 0 Å². The Morgan fingerprint density at radius 1 is 1.04 bits per heavy atom. The maximum Gasteiger partial charge on any atom is 0.244 e. The fourth-order valence-electron chi connectivity index (χ4n) is 2.42. The number of hydrogen-bond acceptors (Lipinski definition) is 2. The smallest absolute Gasteiger partial charge is 0.244 e. The van der Waals surface area contributed by atoms with Crippen molar-refractivity contribution in [2.75, 3.05) is 0 Å². The number of hydrazone groups is 1. The van der Waals surface area contributed by atoms with Gasteiger partial charge in [0.15, 0.2) is 0 Å². The van der Waals surface area contributed by atoms with E-state index in [-0.39, 0.29) is 18.1 Å². The quantitative estimate of drug-likeness (QED) is 0.524. The SMILES string of the molecule is O=C(Cc1ccc(Br)c2ccccc12)N/N=C/c1ccc(F)cc1. The van der Waals surface area contributed by atoms with E-state index >= 15 is 0 Å². The second-order valence-corrected chi connectivity index (χ2v) is 6.13. The van der Waals surface area contributed by atoms with E-state index in [1.54, 1.807) is 12.1 Å². The molecule has 0 saturated heterocycles. The van der Waals surface area contributed by atoms with Crippen LogP contribution in [0.25, 0.3) is 10.8 Å². The van der Waals surface area contributed by atoms with Crippen molar-refractivity contribution >= 4 is 38.8 Å². The van der Waals surface area contributed by atoms with Gasteiger partial charge in [0.05, 0.1) is 12.6 Å². The van der Waals surface area contributed by atoms with E-state index in [0.29, 0.717) is 5.56 Å². The molecule has 0 bridgehead atoms. The third-order valence-corrected chi connectivity index (χ3v) is 4.28. The molecule has 0 saturated carbocycles. The fourth-order valence-corrected chi connectivity index (χ4v) is 2.90. The summed E-state index contributed by atoms with van der Waals surface area (Å²) in [7, 11) is 0. The van der Waals surface area contributed by atoms with Crippen molar-refractivity contribution < 1.29 is 9.18 Å². The number of nitrogens with one attached hydrogen (secondary N) is 1. The molecule has 0 heterocycles. The van der Waals surface area contributed by atoms with Crippen LogP contribution in [0.4, 0.5) is 4.39 Å². The van der Waals surface area contributed by atoms with E-state index in [1.165, 1.54) is 18.3 Å². The number of carbonyl (C=O) groups is 1. The van der Waals surface area contributed by atoms with Crippen LogP contribution in [-0.2, 0) is 11.2 Å². The first-order chi connectivity index (χ1) is 11.6. The molecule has 0 aromatic heterocycles. The van der Waals surface area contributed by atoms with E-state index in [2.05, 4.69) is 26.5 Å². The Labute approximate surface area is 147 Å². The predicted molar refractivity (Wildman–Crippen MR) is 97.5 cm³/mol. The van der Waals surface area contributed by atoms with Gasteiger partial charge in [0.2, 0.25) is 5.91 Å². The molecular formula is C19H14BrFN2O. The zero-order valence-corrected chi connectivity index (χ0v) is 14.3. The summed E-state index contributed by atoms with van der Waals surface area (Å²) >= 11 is 3.52. The van der Waals surface area contributed by atoms with Gasteiger partial charge >= 0.3 is 0 Å². The molecule has 0 aliphatic rings. The molecule has 0 radical (unpaired) electrons. The molecule has 3 rings (SSSR count). The Morgan fingerprint density at radius 2 is 1.75 bits per heavy atom. The second kappa shape index (κ2) is 7.36. The van der Waals surface area contributed by atoms with Gasteiger partial charge in [-0.2, -0.15) is 5.10 Å². The monoisotopic (exact) mass is 384 g/mol. The van der Waals surface area contributed by atoms with Crippen molar-refractivity contribution in [2.45, 2.75) is 6.42 Å². The van der Waals surface area contributed by atoms with Crippen molar-refractivity contribution in [1.82, 2.24) is 5.43 Å². The highest BCUT2D eigenvalue weighted by Gasteiger charge is 2.08. The van der Waals surface area contributed by atoms with E-state index in [0.717, 1.165) is 20.8 Å². The normalized spacial score (nSPS) is 11.1. The van der Waals surface area contributed by atoms with E-state index in [9.17, 15) is 9.18 Å². The summed E-state index contributed by atoms with van der Waals surface area (Å²) in [4.78, 5) is 12.1. The molecule has 3 nitrogen and oxygen atoms in total. The van der Waals surface area contributed by atoms with Gasteiger partial charge in [-0.1, -0.05) is 58.4 Å². The van der Waals surface area contributed by atoms with Crippen LogP contribution in [0.5, 0.6) is 0 Å². The van der Waals surface area contributed by atoms with Gasteiger partial charge in [-0.05, 0) is 40.1 Å². The van der Waals surface area contributed by atoms with Gasteiger partial charge in [0.25, 0.3) is 0 Å². The molecule has 3 aromatic rings. The average Bonchev–Trinajstić information content (AvgIpc) is 2.59. The minimum absolute atomic E-state index is 0.208. The van der Waals surface area contributed by atoms with Crippen molar-refractivity contribution in [1.29, 1.82) is 0 Å². The molecule has 24 heavy (non-hydrogen) atoms. The van der Waals surface area contributed by atoms with Gasteiger partial charge in [0, 0.05) is 4.47 Å². The van der Waals surface area contributed by atoms with Gasteiger partial charge in [-0.3, -0.25) is 4.79 Å². The number of rotatable bonds is 4. The lowest BCUT2D eigenvalue weighted by Gasteiger charge is -2.07. The summed E-state index contributed by atoms with van der Waals surface area (Å²) in [6.07, 6.45) is 1.71. The Hall–Kier alpha value is -2.53. The number of halogens is 2. The zero-order chi connectivity index (χ0) is 16.9. The summed E-state index contributed by atoms with van der Waals surface area (Å²) in [6, 6.07) is 17.6. The first kappa shape index (κ1) is 16.3. The number of nitrogens with zero attached hydrogens (tertiary/aromatic N) is 1. The van der Waals surface area contributed by atoms with Gasteiger partial charge in [0.1, 0.15) is 5.82 Å². The molecule has 0 aliphatic carbocycles. The summed E-state index contributed by atoms with van der Waals surface area (Å²) in [5.41, 5.74) is 4.15. The standard InChI is InChI=1S/C19H14BrFN2O/c20-18-10-7-14(16-3-1-2-4-17(16)18)11-19(24)23-22-12-13-5-8-15(21)9-6-13/h1-10,12H,11H2,(H,23,24)/b22-12+. The lowest BCUT2D eigenvalue weighted by atomic mass is 10.0. The molecule has 0 spiro atoms. The molecule has 1 amide bonds. The predicted octanol–water partition coefficient (Wildman–Crippen LogP) is 4.43. The van der Waals surface area contributed by atoms with Crippen LogP contribution in [0.2, 0.25) is 0 Å². The summed E-state index contributed by atoms with van der Waals surface area (Å²) < 4.78 is 13.8. The lowest BCUT2D eigenvalue weighted by molar-refractivity contribution is -0.120. The van der Waals surface area contributed by atoms with Crippen LogP contribution in [0.1, 0.15) is 11.1 Å². The molecule has 0 atom stereocenters. The molecule has 0 aliphatic heterocycles. The second-order valence-electron chi connectivity index (χ2n) is 5.27. The highest BCUT2D eigenvalue weighted by Crippen LogP contribution is 2.27. The summed E-state index contributed by atoms with van der Waals surface area (Å²) in [5.74, 6) is -0.515. The van der Waals surface area contributed by atoms with Crippen molar-refractivity contribution in [3.05, 3.63) is 82.1 Å². The highest BCUT2D eigenvalue weighted by molar-refractivity contribution is 9.10. The first-order valence-electron chi connectivity index (χ1n) is 7.37. The first-order valence-corrected chi connectivity index (χ1v) is 8.16. The van der Waals surface area contributed by atoms with E-state index < -0.39 is 0 Å². The Bertz CT molecular complexity index is 907. The van der Waals surface area contributed by atoms with Crippen LogP contribution < -0.4 is 5.43 Å². The van der Waals surface area contributed by atoms with Crippen LogP contribution in [0.15, 0.2) is 70.2 Å². The Balaban J connectivity index is 1.69. The summed E-state index contributed by atoms with van der Waals surface area (Å²) in [6.45, 7) is 0. The van der Waals surface area contributed by atoms with Crippen molar-refractivity contribution in [3.63, 3.8) is 0 Å². The molecular weight excluding hydrogens is 371 g/mol. The number of fused-ring (bicyclic) bond motifs is 1. The third kappa shape index (κ3) is 3.86. The van der Waals surface area contributed by atoms with Crippen molar-refractivity contribution in [2.24, 2.45) is 5.10 Å². The largest absolute Gasteiger partial charge is 0.273 e. The molecule has 0 fully saturated rings. The lowest BCUT2D eigenvalue weighted by Crippen LogP contribution is -2.19. The van der Waals surface area contributed by atoms with Gasteiger partial charge in [-0.15, -0.1) is 0 Å². The number of hydrogen-bond donors (Lipinski definition) is 1. The van der Waals surface area contributed by atoms with Gasteiger partial charge in [-0.25, -0.2) is 9.82 Å². The number of carbonyl (C=O) groups excluding carboxylic acids is 1. The van der Waals surface area contributed by atoms with Crippen LogP contribution in [0, 0.1) is 5.82 Å². The molecule has 0 unspecified atom stereocenters. The molecule has 5 heteroatoms. The minimum Gasteiger partial charge on any atom is -0.273 e. The van der Waals surface area contributed by atoms with Crippen LogP contribution in [0.3, 0.4) is 0 Å². The average molecular weight is 385 g/mol. The molecule has 1 N–H and O–H groups in total. The topological polar surface area (TPSA) is 41.5 Å². The van der Waals surface area contributed by atoms with Crippen molar-refractivity contribution in [3.8, 4) is 0 Å². The zero-order valence-electron chi connectivity index (χ0n) is 12.7. The number of benzene rings is 3.